The van der Waals surface area contributed by atoms with E-state index in [1.54, 1.807) is 37.4 Å². The fourth-order valence-corrected chi connectivity index (χ4v) is 3.45. The Labute approximate surface area is 207 Å². The molecule has 0 saturated carbocycles. The van der Waals surface area contributed by atoms with Gasteiger partial charge >= 0.3 is 0 Å². The van der Waals surface area contributed by atoms with Crippen molar-refractivity contribution in [1.82, 2.24) is 0 Å². The van der Waals surface area contributed by atoms with Crippen LogP contribution in [0.1, 0.15) is 60.5 Å². The van der Waals surface area contributed by atoms with Crippen molar-refractivity contribution in [2.75, 3.05) is 28.4 Å². The summed E-state index contributed by atoms with van der Waals surface area (Å²) in [5.74, 6) is 1.59. The molecule has 0 amide bonds. The normalized spacial score (nSPS) is 9.63. The fourth-order valence-electron chi connectivity index (χ4n) is 3.45. The number of aryl methyl sites for hydroxylation is 1. The lowest BCUT2D eigenvalue weighted by atomic mass is 9.92. The molecule has 0 bridgehead atoms. The summed E-state index contributed by atoms with van der Waals surface area (Å²) in [6.45, 7) is 9.81. The van der Waals surface area contributed by atoms with Gasteiger partial charge in [-0.1, -0.05) is 39.8 Å². The van der Waals surface area contributed by atoms with Crippen LogP contribution in [0.5, 0.6) is 23.2 Å². The van der Waals surface area contributed by atoms with E-state index in [0.717, 1.165) is 0 Å². The molecule has 0 spiro atoms. The Morgan fingerprint density at radius 2 is 1.46 bits per heavy atom. The maximum Gasteiger partial charge on any atom is 0.288 e. The number of hydrogen-bond donors (Lipinski definition) is 0. The second-order valence-corrected chi connectivity index (χ2v) is 6.80. The first-order valence-corrected chi connectivity index (χ1v) is 11.5. The van der Waals surface area contributed by atoms with Gasteiger partial charge in [0.15, 0.2) is 5.43 Å². The second-order valence-electron chi connectivity index (χ2n) is 6.80. The molecule has 1 heterocycles. The van der Waals surface area contributed by atoms with Gasteiger partial charge in [0.05, 0.1) is 45.6 Å². The number of benzene rings is 2. The number of methoxy groups -OCH3 is 4. The number of rotatable bonds is 8. The number of hydrogen-bond acceptors (Lipinski definition) is 7. The third-order valence-electron chi connectivity index (χ3n) is 4.88. The molecule has 7 heteroatoms. The van der Waals surface area contributed by atoms with E-state index < -0.39 is 0 Å². The van der Waals surface area contributed by atoms with E-state index in [1.165, 1.54) is 33.5 Å². The zero-order valence-corrected chi connectivity index (χ0v) is 22.1. The zero-order valence-electron chi connectivity index (χ0n) is 22.1. The molecular weight excluding hydrogens is 448 g/mol. The molecule has 3 rings (SSSR count). The largest absolute Gasteiger partial charge is 0.497 e. The van der Waals surface area contributed by atoms with E-state index in [9.17, 15) is 9.59 Å². The summed E-state index contributed by atoms with van der Waals surface area (Å²) in [7, 11) is 5.97. The van der Waals surface area contributed by atoms with E-state index in [0.29, 0.717) is 45.3 Å². The first-order valence-electron chi connectivity index (χ1n) is 11.5. The van der Waals surface area contributed by atoms with Crippen LogP contribution in [-0.2, 0) is 6.42 Å². The van der Waals surface area contributed by atoms with Crippen molar-refractivity contribution in [2.24, 2.45) is 0 Å². The van der Waals surface area contributed by atoms with Crippen LogP contribution in [0.4, 0.5) is 0 Å². The van der Waals surface area contributed by atoms with Gasteiger partial charge in [-0.3, -0.25) is 9.59 Å². The van der Waals surface area contributed by atoms with Gasteiger partial charge in [0, 0.05) is 18.6 Å². The van der Waals surface area contributed by atoms with Crippen molar-refractivity contribution in [2.45, 2.75) is 41.0 Å². The van der Waals surface area contributed by atoms with Crippen molar-refractivity contribution >= 4 is 5.78 Å². The van der Waals surface area contributed by atoms with Crippen LogP contribution < -0.4 is 24.4 Å². The summed E-state index contributed by atoms with van der Waals surface area (Å²) in [4.78, 5) is 25.7. The molecule has 1 aromatic heterocycles. The Balaban J connectivity index is 0.00000145. The SMILES string of the molecule is CC.CC.COc1cc(C)c(C(=O)c2c(Cc3cc(=O)cc(OC)o3)cccc2OC)c(OC)c1. The van der Waals surface area contributed by atoms with Crippen molar-refractivity contribution in [1.29, 1.82) is 0 Å². The summed E-state index contributed by atoms with van der Waals surface area (Å²) >= 11 is 0. The average molecular weight is 485 g/mol. The molecular formula is C28H36O7. The molecule has 0 saturated heterocycles. The minimum atomic E-state index is -0.269. The fraction of sp³-hybridized carbons (Fsp3) is 0.357. The number of ether oxygens (including phenoxy) is 4. The predicted octanol–water partition coefficient (Wildman–Crippen LogP) is 5.86. The van der Waals surface area contributed by atoms with Gasteiger partial charge in [0.25, 0.3) is 5.95 Å². The molecule has 190 valence electrons. The maximum absolute atomic E-state index is 13.7. The van der Waals surface area contributed by atoms with Gasteiger partial charge in [0.1, 0.15) is 23.0 Å². The van der Waals surface area contributed by atoms with Gasteiger partial charge in [-0.15, -0.1) is 0 Å². The third kappa shape index (κ3) is 7.12. The Bertz CT molecular complexity index is 1160. The highest BCUT2D eigenvalue weighted by Crippen LogP contribution is 2.34. The van der Waals surface area contributed by atoms with Crippen molar-refractivity contribution in [3.8, 4) is 23.2 Å². The maximum atomic E-state index is 13.7. The highest BCUT2D eigenvalue weighted by atomic mass is 16.6. The molecule has 3 aromatic rings. The lowest BCUT2D eigenvalue weighted by molar-refractivity contribution is 0.103. The van der Waals surface area contributed by atoms with Crippen LogP contribution in [0.3, 0.4) is 0 Å². The molecule has 35 heavy (non-hydrogen) atoms. The van der Waals surface area contributed by atoms with Crippen molar-refractivity contribution in [3.05, 3.63) is 80.7 Å². The Hall–Kier alpha value is -3.74. The Kier molecular flexibility index (Phi) is 12.1. The zero-order chi connectivity index (χ0) is 26.5. The minimum Gasteiger partial charge on any atom is -0.497 e. The molecule has 0 aliphatic carbocycles. The van der Waals surface area contributed by atoms with Crippen LogP contribution in [-0.4, -0.2) is 34.2 Å². The van der Waals surface area contributed by atoms with Crippen LogP contribution >= 0.6 is 0 Å². The van der Waals surface area contributed by atoms with Crippen molar-refractivity contribution < 1.29 is 28.2 Å². The molecule has 7 nitrogen and oxygen atoms in total. The molecule has 0 fully saturated rings. The summed E-state index contributed by atoms with van der Waals surface area (Å²) in [5.41, 5.74) is 1.86. The highest BCUT2D eigenvalue weighted by molar-refractivity contribution is 6.14. The Morgan fingerprint density at radius 3 is 2.03 bits per heavy atom. The predicted molar refractivity (Wildman–Crippen MR) is 138 cm³/mol. The van der Waals surface area contributed by atoms with Crippen LogP contribution in [0.25, 0.3) is 0 Å². The molecule has 2 aromatic carbocycles. The third-order valence-corrected chi connectivity index (χ3v) is 4.88. The summed E-state index contributed by atoms with van der Waals surface area (Å²) in [6, 6.07) is 11.3. The monoisotopic (exact) mass is 484 g/mol. The number of ketones is 1. The van der Waals surface area contributed by atoms with Gasteiger partial charge < -0.3 is 23.4 Å². The summed E-state index contributed by atoms with van der Waals surface area (Å²) < 4.78 is 26.9. The highest BCUT2D eigenvalue weighted by Gasteiger charge is 2.25. The second kappa shape index (κ2) is 14.5. The molecule has 0 aliphatic rings. The molecule has 0 N–H and O–H groups in total. The van der Waals surface area contributed by atoms with Crippen LogP contribution in [0, 0.1) is 6.92 Å². The van der Waals surface area contributed by atoms with Gasteiger partial charge in [-0.2, -0.15) is 0 Å². The van der Waals surface area contributed by atoms with E-state index in [2.05, 4.69) is 0 Å². The Morgan fingerprint density at radius 1 is 0.800 bits per heavy atom. The van der Waals surface area contributed by atoms with Crippen molar-refractivity contribution in [3.63, 3.8) is 0 Å². The lowest BCUT2D eigenvalue weighted by Gasteiger charge is -2.17. The first-order chi connectivity index (χ1) is 16.9. The first kappa shape index (κ1) is 29.3. The van der Waals surface area contributed by atoms with Crippen LogP contribution in [0.2, 0.25) is 0 Å². The molecule has 0 unspecified atom stereocenters. The molecule has 0 aliphatic heterocycles. The topological polar surface area (TPSA) is 84.2 Å². The van der Waals surface area contributed by atoms with E-state index in [1.807, 2.05) is 34.6 Å². The smallest absolute Gasteiger partial charge is 0.288 e. The number of carbonyl (C=O) groups excluding carboxylic acids is 1. The van der Waals surface area contributed by atoms with E-state index >= 15 is 0 Å². The van der Waals surface area contributed by atoms with Crippen LogP contribution in [0.15, 0.2) is 51.7 Å². The standard InChI is InChI=1S/C24H24O7.2C2H6/c1-14-9-17(27-2)13-20(29-4)22(14)24(26)23-15(7-6-8-19(23)28-3)10-18-11-16(25)12-21(30-5)31-18;2*1-2/h6-9,11-13H,10H2,1-5H3;2*1-2H3. The molecule has 0 radical (unpaired) electrons. The average Bonchev–Trinajstić information content (AvgIpc) is 2.89. The summed E-state index contributed by atoms with van der Waals surface area (Å²) in [6.07, 6.45) is 0.197. The molecule has 0 atom stereocenters. The summed E-state index contributed by atoms with van der Waals surface area (Å²) in [5, 5.41) is 0. The van der Waals surface area contributed by atoms with Gasteiger partial charge in [-0.05, 0) is 30.2 Å². The van der Waals surface area contributed by atoms with Gasteiger partial charge in [0.2, 0.25) is 5.78 Å². The van der Waals surface area contributed by atoms with E-state index in [-0.39, 0.29) is 23.6 Å². The van der Waals surface area contributed by atoms with Gasteiger partial charge in [-0.25, -0.2) is 0 Å². The minimum absolute atomic E-state index is 0.103. The lowest BCUT2D eigenvalue weighted by Crippen LogP contribution is -2.12. The quantitative estimate of drug-likeness (QED) is 0.370. The number of carbonyl (C=O) groups is 1. The van der Waals surface area contributed by atoms with E-state index in [4.69, 9.17) is 23.4 Å².